The number of methoxy groups -OCH3 is 1. The van der Waals surface area contributed by atoms with Crippen LogP contribution in [0.3, 0.4) is 0 Å². The Hall–Kier alpha value is -2.97. The molecule has 2 atom stereocenters. The zero-order valence-electron chi connectivity index (χ0n) is 18.8. The molecule has 0 bridgehead atoms. The molecule has 3 aromatic rings. The lowest BCUT2D eigenvalue weighted by Gasteiger charge is -2.37. The van der Waals surface area contributed by atoms with Crippen molar-refractivity contribution in [2.75, 3.05) is 56.4 Å². The molecular formula is C24H29N5O3. The molecule has 2 saturated heterocycles. The molecule has 2 fully saturated rings. The number of anilines is 2. The Labute approximate surface area is 188 Å². The molecule has 5 rings (SSSR count). The summed E-state index contributed by atoms with van der Waals surface area (Å²) in [5.41, 5.74) is 2.60. The molecule has 0 spiro atoms. The highest BCUT2D eigenvalue weighted by Crippen LogP contribution is 2.31. The smallest absolute Gasteiger partial charge is 0.229 e. The van der Waals surface area contributed by atoms with Crippen molar-refractivity contribution in [1.82, 2.24) is 15.0 Å². The van der Waals surface area contributed by atoms with Crippen LogP contribution in [0.4, 0.5) is 11.8 Å². The Kier molecular flexibility index (Phi) is 5.80. The van der Waals surface area contributed by atoms with Crippen LogP contribution in [0.25, 0.3) is 22.3 Å². The van der Waals surface area contributed by atoms with E-state index in [4.69, 9.17) is 29.2 Å². The lowest BCUT2D eigenvalue weighted by atomic mass is 10.1. The zero-order chi connectivity index (χ0) is 22.1. The van der Waals surface area contributed by atoms with Crippen LogP contribution in [-0.2, 0) is 9.47 Å². The highest BCUT2D eigenvalue weighted by Gasteiger charge is 2.27. The van der Waals surface area contributed by atoms with Crippen LogP contribution in [0.2, 0.25) is 0 Å². The molecule has 8 nitrogen and oxygen atoms in total. The number of hydrogen-bond acceptors (Lipinski definition) is 8. The minimum atomic E-state index is 0.209. The molecule has 8 heteroatoms. The fraction of sp³-hybridized carbons (Fsp3) is 0.458. The van der Waals surface area contributed by atoms with Gasteiger partial charge in [-0.25, -0.2) is 4.98 Å². The first-order valence-corrected chi connectivity index (χ1v) is 11.2. The molecule has 0 saturated carbocycles. The van der Waals surface area contributed by atoms with Gasteiger partial charge in [-0.1, -0.05) is 0 Å². The predicted octanol–water partition coefficient (Wildman–Crippen LogP) is 3.15. The summed E-state index contributed by atoms with van der Waals surface area (Å²) < 4.78 is 16.6. The number of ether oxygens (including phenoxy) is 3. The maximum absolute atomic E-state index is 5.67. The quantitative estimate of drug-likeness (QED) is 0.619. The average molecular weight is 436 g/mol. The first-order valence-electron chi connectivity index (χ1n) is 11.2. The van der Waals surface area contributed by atoms with Gasteiger partial charge >= 0.3 is 0 Å². The first-order chi connectivity index (χ1) is 15.6. The maximum Gasteiger partial charge on any atom is 0.229 e. The predicted molar refractivity (Wildman–Crippen MR) is 125 cm³/mol. The van der Waals surface area contributed by atoms with Crippen LogP contribution >= 0.6 is 0 Å². The monoisotopic (exact) mass is 435 g/mol. The molecular weight excluding hydrogens is 406 g/mol. The third-order valence-corrected chi connectivity index (χ3v) is 6.18. The molecule has 0 amide bonds. The van der Waals surface area contributed by atoms with E-state index in [1.165, 1.54) is 0 Å². The summed E-state index contributed by atoms with van der Waals surface area (Å²) >= 11 is 0. The zero-order valence-corrected chi connectivity index (χ0v) is 18.8. The molecule has 32 heavy (non-hydrogen) atoms. The van der Waals surface area contributed by atoms with Crippen LogP contribution in [0.15, 0.2) is 36.4 Å². The Morgan fingerprint density at radius 3 is 2.19 bits per heavy atom. The van der Waals surface area contributed by atoms with Gasteiger partial charge in [-0.15, -0.1) is 0 Å². The SMILES string of the molecule is COc1ccc(-c2ccc3c(N4CCOC[C@@H]4C)nc(N4CCOC[C@@H]4C)nc3n2)cc1. The van der Waals surface area contributed by atoms with E-state index < -0.39 is 0 Å². The second-order valence-corrected chi connectivity index (χ2v) is 8.38. The molecule has 0 N–H and O–H groups in total. The second-order valence-electron chi connectivity index (χ2n) is 8.38. The summed E-state index contributed by atoms with van der Waals surface area (Å²) in [6, 6.07) is 12.5. The van der Waals surface area contributed by atoms with Crippen LogP contribution in [0.5, 0.6) is 5.75 Å². The summed E-state index contributed by atoms with van der Waals surface area (Å²) in [7, 11) is 1.67. The van der Waals surface area contributed by atoms with Gasteiger partial charge in [0.1, 0.15) is 11.6 Å². The van der Waals surface area contributed by atoms with Crippen molar-refractivity contribution in [2.24, 2.45) is 0 Å². The van der Waals surface area contributed by atoms with Crippen molar-refractivity contribution in [3.63, 3.8) is 0 Å². The fourth-order valence-electron chi connectivity index (χ4n) is 4.32. The first kappa shape index (κ1) is 20.9. The van der Waals surface area contributed by atoms with E-state index in [1.807, 2.05) is 30.3 Å². The number of hydrogen-bond donors (Lipinski definition) is 0. The number of benzene rings is 1. The van der Waals surface area contributed by atoms with Crippen molar-refractivity contribution in [3.8, 4) is 17.0 Å². The van der Waals surface area contributed by atoms with Crippen molar-refractivity contribution in [3.05, 3.63) is 36.4 Å². The summed E-state index contributed by atoms with van der Waals surface area (Å²) in [5.74, 6) is 2.46. The highest BCUT2D eigenvalue weighted by atomic mass is 16.5. The van der Waals surface area contributed by atoms with Gasteiger partial charge in [0, 0.05) is 18.7 Å². The summed E-state index contributed by atoms with van der Waals surface area (Å²) in [6.07, 6.45) is 0. The van der Waals surface area contributed by atoms with E-state index in [0.29, 0.717) is 38.0 Å². The highest BCUT2D eigenvalue weighted by molar-refractivity contribution is 5.90. The minimum Gasteiger partial charge on any atom is -0.497 e. The number of aromatic nitrogens is 3. The van der Waals surface area contributed by atoms with Crippen LogP contribution in [0.1, 0.15) is 13.8 Å². The summed E-state index contributed by atoms with van der Waals surface area (Å²) in [6.45, 7) is 8.60. The fourth-order valence-corrected chi connectivity index (χ4v) is 4.32. The van der Waals surface area contributed by atoms with Gasteiger partial charge < -0.3 is 24.0 Å². The standard InChI is InChI=1S/C24H29N5O3/c1-16-14-31-12-10-28(16)23-20-8-9-21(18-4-6-19(30-3)7-5-18)25-22(20)26-24(27-23)29-11-13-32-15-17(29)2/h4-9,16-17H,10-15H2,1-3H3/t16-,17-/m0/s1. The van der Waals surface area contributed by atoms with E-state index in [0.717, 1.165) is 41.3 Å². The number of fused-ring (bicyclic) bond motifs is 1. The number of rotatable bonds is 4. The van der Waals surface area contributed by atoms with E-state index >= 15 is 0 Å². The second kappa shape index (κ2) is 8.88. The molecule has 0 unspecified atom stereocenters. The van der Waals surface area contributed by atoms with Crippen molar-refractivity contribution in [2.45, 2.75) is 25.9 Å². The molecule has 2 aliphatic heterocycles. The van der Waals surface area contributed by atoms with E-state index in [2.05, 4.69) is 29.7 Å². The third kappa shape index (κ3) is 3.96. The average Bonchev–Trinajstić information content (AvgIpc) is 2.84. The van der Waals surface area contributed by atoms with Gasteiger partial charge in [-0.2, -0.15) is 9.97 Å². The van der Waals surface area contributed by atoms with Gasteiger partial charge in [0.2, 0.25) is 5.95 Å². The van der Waals surface area contributed by atoms with Gasteiger partial charge in [0.15, 0.2) is 5.65 Å². The van der Waals surface area contributed by atoms with Gasteiger partial charge in [0.05, 0.1) is 56.7 Å². The van der Waals surface area contributed by atoms with E-state index in [-0.39, 0.29) is 12.1 Å². The number of morpholine rings is 2. The van der Waals surface area contributed by atoms with Crippen molar-refractivity contribution < 1.29 is 14.2 Å². The normalized spacial score (nSPS) is 21.7. The molecule has 1 aromatic carbocycles. The van der Waals surface area contributed by atoms with Crippen LogP contribution < -0.4 is 14.5 Å². The van der Waals surface area contributed by atoms with Gasteiger partial charge in [0.25, 0.3) is 0 Å². The Morgan fingerprint density at radius 1 is 0.844 bits per heavy atom. The largest absolute Gasteiger partial charge is 0.497 e. The van der Waals surface area contributed by atoms with Crippen molar-refractivity contribution in [1.29, 1.82) is 0 Å². The summed E-state index contributed by atoms with van der Waals surface area (Å²) in [4.78, 5) is 19.5. The van der Waals surface area contributed by atoms with E-state index in [1.54, 1.807) is 7.11 Å². The van der Waals surface area contributed by atoms with Crippen LogP contribution in [0, 0.1) is 0 Å². The molecule has 2 aromatic heterocycles. The number of nitrogens with zero attached hydrogens (tertiary/aromatic N) is 5. The molecule has 0 radical (unpaired) electrons. The topological polar surface area (TPSA) is 72.8 Å². The molecule has 4 heterocycles. The van der Waals surface area contributed by atoms with Crippen molar-refractivity contribution >= 4 is 22.8 Å². The van der Waals surface area contributed by atoms with Gasteiger partial charge in [-0.3, -0.25) is 0 Å². The molecule has 2 aliphatic rings. The molecule has 0 aliphatic carbocycles. The summed E-state index contributed by atoms with van der Waals surface area (Å²) in [5, 5.41) is 0.959. The third-order valence-electron chi connectivity index (χ3n) is 6.18. The maximum atomic E-state index is 5.67. The minimum absolute atomic E-state index is 0.209. The van der Waals surface area contributed by atoms with Gasteiger partial charge in [-0.05, 0) is 50.2 Å². The molecule has 168 valence electrons. The lowest BCUT2D eigenvalue weighted by Crippen LogP contribution is -2.46. The Balaban J connectivity index is 1.63. The van der Waals surface area contributed by atoms with E-state index in [9.17, 15) is 0 Å². The Morgan fingerprint density at radius 2 is 1.53 bits per heavy atom. The Bertz CT molecular complexity index is 1090. The lowest BCUT2D eigenvalue weighted by molar-refractivity contribution is 0.0973. The number of pyridine rings is 1. The van der Waals surface area contributed by atoms with Crippen LogP contribution in [-0.4, -0.2) is 73.7 Å².